The number of alkyl halides is 3. The molecule has 0 aliphatic carbocycles. The Morgan fingerprint density at radius 3 is 2.43 bits per heavy atom. The summed E-state index contributed by atoms with van der Waals surface area (Å²) in [6.45, 7) is 1.73. The Hall–Kier alpha value is -2.44. The van der Waals surface area contributed by atoms with Gasteiger partial charge in [0.2, 0.25) is 0 Å². The first-order valence-corrected chi connectivity index (χ1v) is 6.05. The minimum atomic E-state index is -4.75. The van der Waals surface area contributed by atoms with Gasteiger partial charge in [-0.25, -0.2) is 0 Å². The van der Waals surface area contributed by atoms with E-state index in [0.717, 1.165) is 12.1 Å². The van der Waals surface area contributed by atoms with Crippen molar-refractivity contribution in [2.24, 2.45) is 0 Å². The zero-order chi connectivity index (χ0) is 15.5. The van der Waals surface area contributed by atoms with Crippen molar-refractivity contribution >= 4 is 5.91 Å². The molecule has 0 spiro atoms. The largest absolute Gasteiger partial charge is 0.573 e. The van der Waals surface area contributed by atoms with E-state index < -0.39 is 12.3 Å². The van der Waals surface area contributed by atoms with E-state index in [4.69, 9.17) is 4.42 Å². The lowest BCUT2D eigenvalue weighted by molar-refractivity contribution is -0.274. The number of hydrogen-bond acceptors (Lipinski definition) is 3. The first-order valence-electron chi connectivity index (χ1n) is 6.05. The van der Waals surface area contributed by atoms with E-state index in [9.17, 15) is 18.0 Å². The Morgan fingerprint density at radius 2 is 1.90 bits per heavy atom. The monoisotopic (exact) mass is 299 g/mol. The first kappa shape index (κ1) is 15.0. The van der Waals surface area contributed by atoms with Gasteiger partial charge in [0, 0.05) is 5.56 Å². The maximum Gasteiger partial charge on any atom is 0.573 e. The Morgan fingerprint density at radius 1 is 1.24 bits per heavy atom. The van der Waals surface area contributed by atoms with Crippen molar-refractivity contribution in [3.8, 4) is 5.75 Å². The zero-order valence-corrected chi connectivity index (χ0v) is 11.0. The normalized spacial score (nSPS) is 12.8. The van der Waals surface area contributed by atoms with Crippen molar-refractivity contribution in [2.75, 3.05) is 0 Å². The quantitative estimate of drug-likeness (QED) is 0.937. The van der Waals surface area contributed by atoms with E-state index >= 15 is 0 Å². The fourth-order valence-corrected chi connectivity index (χ4v) is 1.70. The van der Waals surface area contributed by atoms with Gasteiger partial charge in [-0.3, -0.25) is 4.79 Å². The van der Waals surface area contributed by atoms with Crippen LogP contribution in [0.1, 0.15) is 29.1 Å². The van der Waals surface area contributed by atoms with Gasteiger partial charge in [-0.1, -0.05) is 0 Å². The third-order valence-electron chi connectivity index (χ3n) is 2.67. The Labute approximate surface area is 118 Å². The average molecular weight is 299 g/mol. The van der Waals surface area contributed by atoms with Crippen LogP contribution in [0.15, 0.2) is 47.1 Å². The van der Waals surface area contributed by atoms with Crippen molar-refractivity contribution in [3.63, 3.8) is 0 Å². The van der Waals surface area contributed by atoms with Gasteiger partial charge in [0.25, 0.3) is 5.91 Å². The minimum absolute atomic E-state index is 0.225. The van der Waals surface area contributed by atoms with Crippen LogP contribution in [0.5, 0.6) is 5.75 Å². The van der Waals surface area contributed by atoms with E-state index in [1.807, 2.05) is 0 Å². The molecule has 1 aromatic heterocycles. The number of rotatable bonds is 4. The average Bonchev–Trinajstić information content (AvgIpc) is 2.91. The van der Waals surface area contributed by atoms with Crippen molar-refractivity contribution < 1.29 is 27.1 Å². The van der Waals surface area contributed by atoms with Crippen molar-refractivity contribution in [1.82, 2.24) is 5.32 Å². The van der Waals surface area contributed by atoms with Gasteiger partial charge < -0.3 is 14.5 Å². The number of furan rings is 1. The summed E-state index contributed by atoms with van der Waals surface area (Å²) >= 11 is 0. The van der Waals surface area contributed by atoms with Crippen LogP contribution in [-0.4, -0.2) is 12.3 Å². The maximum atomic E-state index is 12.0. The molecular weight excluding hydrogens is 287 g/mol. The molecule has 21 heavy (non-hydrogen) atoms. The molecule has 1 amide bonds. The predicted octanol–water partition coefficient (Wildman–Crippen LogP) is 3.67. The second-order valence-electron chi connectivity index (χ2n) is 4.28. The molecule has 1 atom stereocenters. The summed E-state index contributed by atoms with van der Waals surface area (Å²) in [4.78, 5) is 11.9. The molecule has 1 aromatic carbocycles. The van der Waals surface area contributed by atoms with Gasteiger partial charge in [-0.2, -0.15) is 0 Å². The molecule has 0 fully saturated rings. The van der Waals surface area contributed by atoms with Crippen molar-refractivity contribution in [3.05, 3.63) is 54.0 Å². The van der Waals surface area contributed by atoms with Gasteiger partial charge in [-0.15, -0.1) is 13.2 Å². The number of nitrogens with one attached hydrogen (secondary N) is 1. The number of amides is 1. The Bertz CT molecular complexity index is 591. The maximum absolute atomic E-state index is 12.0. The Balaban J connectivity index is 2.00. The SMILES string of the molecule is C[C@@H](NC(=O)c1ccc(OC(F)(F)F)cc1)c1ccco1. The van der Waals surface area contributed by atoms with Crippen LogP contribution in [0.25, 0.3) is 0 Å². The van der Waals surface area contributed by atoms with Gasteiger partial charge in [0.1, 0.15) is 11.5 Å². The number of ether oxygens (including phenoxy) is 1. The summed E-state index contributed by atoms with van der Waals surface area (Å²) in [6.07, 6.45) is -3.27. The second kappa shape index (κ2) is 5.90. The highest BCUT2D eigenvalue weighted by molar-refractivity contribution is 5.94. The van der Waals surface area contributed by atoms with Crippen LogP contribution in [0.2, 0.25) is 0 Å². The number of hydrogen-bond donors (Lipinski definition) is 1. The third-order valence-corrected chi connectivity index (χ3v) is 2.67. The number of benzene rings is 1. The summed E-state index contributed by atoms with van der Waals surface area (Å²) in [5, 5.41) is 2.67. The minimum Gasteiger partial charge on any atom is -0.467 e. The molecule has 2 aromatic rings. The van der Waals surface area contributed by atoms with Gasteiger partial charge in [0.15, 0.2) is 0 Å². The zero-order valence-electron chi connectivity index (χ0n) is 11.0. The van der Waals surface area contributed by atoms with Crippen LogP contribution in [0.3, 0.4) is 0 Å². The fourth-order valence-electron chi connectivity index (χ4n) is 1.70. The number of carbonyl (C=O) groups is 1. The third kappa shape index (κ3) is 4.27. The van der Waals surface area contributed by atoms with E-state index in [0.29, 0.717) is 5.76 Å². The summed E-state index contributed by atoms with van der Waals surface area (Å²) < 4.78 is 44.9. The van der Waals surface area contributed by atoms with Gasteiger partial charge >= 0.3 is 6.36 Å². The standard InChI is InChI=1S/C14H12F3NO3/c1-9(12-3-2-8-20-12)18-13(19)10-4-6-11(7-5-10)21-14(15,16)17/h2-9H,1H3,(H,18,19)/t9-/m1/s1. The molecule has 112 valence electrons. The molecule has 2 rings (SSSR count). The van der Waals surface area contributed by atoms with Gasteiger partial charge in [-0.05, 0) is 43.3 Å². The molecule has 0 radical (unpaired) electrons. The topological polar surface area (TPSA) is 51.5 Å². The lowest BCUT2D eigenvalue weighted by atomic mass is 10.2. The molecule has 0 saturated heterocycles. The van der Waals surface area contributed by atoms with Crippen LogP contribution in [0, 0.1) is 0 Å². The highest BCUT2D eigenvalue weighted by atomic mass is 19.4. The van der Waals surface area contributed by atoms with Crippen LogP contribution >= 0.6 is 0 Å². The molecule has 4 nitrogen and oxygen atoms in total. The van der Waals surface area contributed by atoms with Gasteiger partial charge in [0.05, 0.1) is 12.3 Å². The molecule has 0 unspecified atom stereocenters. The molecule has 1 heterocycles. The van der Waals surface area contributed by atoms with Crippen LogP contribution in [0.4, 0.5) is 13.2 Å². The van der Waals surface area contributed by atoms with E-state index in [-0.39, 0.29) is 17.4 Å². The second-order valence-corrected chi connectivity index (χ2v) is 4.28. The number of halogens is 3. The first-order chi connectivity index (χ1) is 9.85. The Kier molecular flexibility index (Phi) is 4.21. The molecule has 0 saturated carbocycles. The predicted molar refractivity (Wildman–Crippen MR) is 67.7 cm³/mol. The lowest BCUT2D eigenvalue weighted by Gasteiger charge is -2.12. The van der Waals surface area contributed by atoms with Crippen molar-refractivity contribution in [1.29, 1.82) is 0 Å². The smallest absolute Gasteiger partial charge is 0.467 e. The molecule has 0 aliphatic heterocycles. The van der Waals surface area contributed by atoms with E-state index in [1.165, 1.54) is 18.4 Å². The highest BCUT2D eigenvalue weighted by Gasteiger charge is 2.31. The molecular formula is C14H12F3NO3. The summed E-state index contributed by atoms with van der Waals surface area (Å²) in [5.74, 6) is -0.212. The molecule has 7 heteroatoms. The molecule has 0 aliphatic rings. The lowest BCUT2D eigenvalue weighted by Crippen LogP contribution is -2.26. The van der Waals surface area contributed by atoms with Crippen LogP contribution in [-0.2, 0) is 0 Å². The summed E-state index contributed by atoms with van der Waals surface area (Å²) in [5.41, 5.74) is 0.225. The molecule has 0 bridgehead atoms. The molecule has 1 N–H and O–H groups in total. The van der Waals surface area contributed by atoms with Crippen LogP contribution < -0.4 is 10.1 Å². The van der Waals surface area contributed by atoms with E-state index in [2.05, 4.69) is 10.1 Å². The highest BCUT2D eigenvalue weighted by Crippen LogP contribution is 2.23. The van der Waals surface area contributed by atoms with Crippen molar-refractivity contribution in [2.45, 2.75) is 19.3 Å². The fraction of sp³-hybridized carbons (Fsp3) is 0.214. The number of carbonyl (C=O) groups excluding carboxylic acids is 1. The summed E-state index contributed by atoms with van der Waals surface area (Å²) in [6, 6.07) is 7.74. The summed E-state index contributed by atoms with van der Waals surface area (Å²) in [7, 11) is 0. The van der Waals surface area contributed by atoms with E-state index in [1.54, 1.807) is 19.1 Å².